The zero-order valence-electron chi connectivity index (χ0n) is 17.5. The first-order valence-corrected chi connectivity index (χ1v) is 10.6. The molecule has 5 rings (SSSR count). The molecule has 0 spiro atoms. The molecule has 31 heavy (non-hydrogen) atoms. The van der Waals surface area contributed by atoms with Crippen LogP contribution in [0.2, 0.25) is 5.02 Å². The fourth-order valence-corrected chi connectivity index (χ4v) is 4.30. The van der Waals surface area contributed by atoms with Crippen LogP contribution >= 0.6 is 11.6 Å². The Labute approximate surface area is 185 Å². The van der Waals surface area contributed by atoms with Crippen LogP contribution in [0.1, 0.15) is 5.56 Å². The van der Waals surface area contributed by atoms with Gasteiger partial charge in [-0.25, -0.2) is 9.97 Å². The highest BCUT2D eigenvalue weighted by Gasteiger charge is 2.24. The van der Waals surface area contributed by atoms with Crippen molar-refractivity contribution in [1.82, 2.24) is 20.2 Å². The SMILES string of the molecule is COc1ccc(-c2[nH]nc3ncnc(N4CCN(c5cc(Cl)ccc5C)CC4)c23)cc1. The third-order valence-electron chi connectivity index (χ3n) is 5.80. The summed E-state index contributed by atoms with van der Waals surface area (Å²) >= 11 is 6.24. The Balaban J connectivity index is 1.44. The van der Waals surface area contributed by atoms with Crippen molar-refractivity contribution in [3.05, 3.63) is 59.4 Å². The number of rotatable bonds is 4. The minimum atomic E-state index is 0.670. The van der Waals surface area contributed by atoms with E-state index in [0.717, 1.165) is 59.4 Å². The number of piperazine rings is 1. The number of methoxy groups -OCH3 is 1. The molecule has 4 aromatic rings. The lowest BCUT2D eigenvalue weighted by molar-refractivity contribution is 0.415. The van der Waals surface area contributed by atoms with Crippen LogP contribution in [-0.4, -0.2) is 53.5 Å². The molecule has 0 atom stereocenters. The van der Waals surface area contributed by atoms with E-state index >= 15 is 0 Å². The number of halogens is 1. The van der Waals surface area contributed by atoms with Crippen LogP contribution in [0.25, 0.3) is 22.3 Å². The highest BCUT2D eigenvalue weighted by atomic mass is 35.5. The van der Waals surface area contributed by atoms with Gasteiger partial charge in [0.05, 0.1) is 18.2 Å². The molecule has 3 heterocycles. The van der Waals surface area contributed by atoms with E-state index < -0.39 is 0 Å². The van der Waals surface area contributed by atoms with E-state index in [1.54, 1.807) is 13.4 Å². The molecular weight excluding hydrogens is 412 g/mol. The molecule has 0 saturated carbocycles. The zero-order valence-corrected chi connectivity index (χ0v) is 18.2. The molecule has 1 fully saturated rings. The highest BCUT2D eigenvalue weighted by Crippen LogP contribution is 2.33. The van der Waals surface area contributed by atoms with Crippen LogP contribution < -0.4 is 14.5 Å². The number of fused-ring (bicyclic) bond motifs is 1. The molecule has 8 heteroatoms. The standard InChI is InChI=1S/C23H23ClN6O/c1-15-3-6-17(24)13-19(15)29-9-11-30(12-10-29)23-20-21(27-28-22(20)25-14-26-23)16-4-7-18(31-2)8-5-16/h3-8,13-14H,9-12H2,1-2H3,(H,25,26,27,28). The van der Waals surface area contributed by atoms with Gasteiger partial charge in [0.15, 0.2) is 5.65 Å². The van der Waals surface area contributed by atoms with Crippen molar-refractivity contribution in [3.63, 3.8) is 0 Å². The summed E-state index contributed by atoms with van der Waals surface area (Å²) < 4.78 is 5.28. The van der Waals surface area contributed by atoms with Crippen molar-refractivity contribution >= 4 is 34.1 Å². The van der Waals surface area contributed by atoms with Crippen molar-refractivity contribution in [3.8, 4) is 17.0 Å². The number of aromatic amines is 1. The Bertz CT molecular complexity index is 1210. The van der Waals surface area contributed by atoms with Gasteiger partial charge >= 0.3 is 0 Å². The van der Waals surface area contributed by atoms with Gasteiger partial charge in [-0.3, -0.25) is 5.10 Å². The second-order valence-electron chi connectivity index (χ2n) is 7.63. The molecule has 1 saturated heterocycles. The van der Waals surface area contributed by atoms with Gasteiger partial charge in [-0.1, -0.05) is 17.7 Å². The molecule has 158 valence electrons. The van der Waals surface area contributed by atoms with Gasteiger partial charge in [0.1, 0.15) is 17.9 Å². The van der Waals surface area contributed by atoms with E-state index in [2.05, 4.69) is 43.0 Å². The first-order chi connectivity index (χ1) is 15.1. The van der Waals surface area contributed by atoms with Crippen molar-refractivity contribution in [2.24, 2.45) is 0 Å². The average Bonchev–Trinajstić information content (AvgIpc) is 3.25. The molecule has 0 radical (unpaired) electrons. The van der Waals surface area contributed by atoms with Gasteiger partial charge in [-0.2, -0.15) is 5.10 Å². The van der Waals surface area contributed by atoms with Crippen LogP contribution in [0.4, 0.5) is 11.5 Å². The lowest BCUT2D eigenvalue weighted by Crippen LogP contribution is -2.47. The number of H-pyrrole nitrogens is 1. The zero-order chi connectivity index (χ0) is 21.4. The molecule has 7 nitrogen and oxygen atoms in total. The summed E-state index contributed by atoms with van der Waals surface area (Å²) in [5, 5.41) is 9.28. The Morgan fingerprint density at radius 1 is 0.968 bits per heavy atom. The smallest absolute Gasteiger partial charge is 0.186 e. The second-order valence-corrected chi connectivity index (χ2v) is 8.06. The van der Waals surface area contributed by atoms with Gasteiger partial charge < -0.3 is 14.5 Å². The predicted octanol–water partition coefficient (Wildman–Crippen LogP) is 4.32. The third kappa shape index (κ3) is 3.65. The molecule has 1 aliphatic rings. The maximum Gasteiger partial charge on any atom is 0.186 e. The number of hydrogen-bond acceptors (Lipinski definition) is 6. The predicted molar refractivity (Wildman–Crippen MR) is 124 cm³/mol. The molecule has 2 aromatic heterocycles. The van der Waals surface area contributed by atoms with Crippen molar-refractivity contribution in [2.75, 3.05) is 43.1 Å². The van der Waals surface area contributed by atoms with E-state index in [1.807, 2.05) is 36.4 Å². The van der Waals surface area contributed by atoms with Gasteiger partial charge in [-0.05, 0) is 48.9 Å². The number of anilines is 2. The van der Waals surface area contributed by atoms with Crippen molar-refractivity contribution in [2.45, 2.75) is 6.92 Å². The fraction of sp³-hybridized carbons (Fsp3) is 0.261. The third-order valence-corrected chi connectivity index (χ3v) is 6.04. The van der Waals surface area contributed by atoms with E-state index in [9.17, 15) is 0 Å². The summed E-state index contributed by atoms with van der Waals surface area (Å²) in [5.74, 6) is 1.73. The van der Waals surface area contributed by atoms with Crippen LogP contribution in [0.15, 0.2) is 48.8 Å². The lowest BCUT2D eigenvalue weighted by Gasteiger charge is -2.37. The highest BCUT2D eigenvalue weighted by molar-refractivity contribution is 6.30. The van der Waals surface area contributed by atoms with Crippen LogP contribution in [0.3, 0.4) is 0 Å². The maximum atomic E-state index is 6.24. The first-order valence-electron chi connectivity index (χ1n) is 10.2. The number of aryl methyl sites for hydroxylation is 1. The largest absolute Gasteiger partial charge is 0.497 e. The van der Waals surface area contributed by atoms with E-state index in [1.165, 1.54) is 11.3 Å². The van der Waals surface area contributed by atoms with E-state index in [4.69, 9.17) is 16.3 Å². The summed E-state index contributed by atoms with van der Waals surface area (Å²) in [6.45, 7) is 5.61. The van der Waals surface area contributed by atoms with Crippen LogP contribution in [0, 0.1) is 6.92 Å². The Morgan fingerprint density at radius 3 is 2.45 bits per heavy atom. The van der Waals surface area contributed by atoms with Gasteiger partial charge in [0.25, 0.3) is 0 Å². The molecule has 1 N–H and O–H groups in total. The maximum absolute atomic E-state index is 6.24. The number of benzene rings is 2. The minimum absolute atomic E-state index is 0.670. The summed E-state index contributed by atoms with van der Waals surface area (Å²) in [7, 11) is 1.66. The molecule has 2 aromatic carbocycles. The van der Waals surface area contributed by atoms with Gasteiger partial charge in [-0.15, -0.1) is 0 Å². The number of ether oxygens (including phenoxy) is 1. The number of nitrogens with one attached hydrogen (secondary N) is 1. The fourth-order valence-electron chi connectivity index (χ4n) is 4.13. The van der Waals surface area contributed by atoms with Crippen molar-refractivity contribution < 1.29 is 4.74 Å². The number of nitrogens with zero attached hydrogens (tertiary/aromatic N) is 5. The molecule has 0 bridgehead atoms. The van der Waals surface area contributed by atoms with E-state index in [-0.39, 0.29) is 0 Å². The molecular formula is C23H23ClN6O. The average molecular weight is 435 g/mol. The summed E-state index contributed by atoms with van der Waals surface area (Å²) in [5.41, 5.74) is 5.04. The Hall–Kier alpha value is -3.32. The van der Waals surface area contributed by atoms with Gasteiger partial charge in [0.2, 0.25) is 0 Å². The van der Waals surface area contributed by atoms with Crippen LogP contribution in [0.5, 0.6) is 5.75 Å². The van der Waals surface area contributed by atoms with E-state index in [0.29, 0.717) is 5.65 Å². The summed E-state index contributed by atoms with van der Waals surface area (Å²) in [6, 6.07) is 14.0. The molecule has 0 amide bonds. The lowest BCUT2D eigenvalue weighted by atomic mass is 10.1. The molecule has 0 aliphatic carbocycles. The Morgan fingerprint density at radius 2 is 1.71 bits per heavy atom. The molecule has 0 unspecified atom stereocenters. The topological polar surface area (TPSA) is 70.2 Å². The van der Waals surface area contributed by atoms with Gasteiger partial charge in [0, 0.05) is 42.5 Å². The normalized spacial score (nSPS) is 14.3. The minimum Gasteiger partial charge on any atom is -0.497 e. The number of hydrogen-bond donors (Lipinski definition) is 1. The second kappa shape index (κ2) is 8.07. The monoisotopic (exact) mass is 434 g/mol. The molecule has 1 aliphatic heterocycles. The summed E-state index contributed by atoms with van der Waals surface area (Å²) in [6.07, 6.45) is 1.59. The quantitative estimate of drug-likeness (QED) is 0.516. The van der Waals surface area contributed by atoms with Crippen molar-refractivity contribution in [1.29, 1.82) is 0 Å². The summed E-state index contributed by atoms with van der Waals surface area (Å²) in [4.78, 5) is 13.7. The Kier molecular flexibility index (Phi) is 5.11. The number of aromatic nitrogens is 4. The first kappa shape index (κ1) is 19.6. The van der Waals surface area contributed by atoms with Crippen LogP contribution in [-0.2, 0) is 0 Å².